The zero-order chi connectivity index (χ0) is 13.2. The van der Waals surface area contributed by atoms with Crippen LogP contribution in [0.25, 0.3) is 5.82 Å². The highest BCUT2D eigenvalue weighted by Gasteiger charge is 2.38. The quantitative estimate of drug-likeness (QED) is 0.903. The zero-order valence-electron chi connectivity index (χ0n) is 9.44. The van der Waals surface area contributed by atoms with Gasteiger partial charge in [-0.25, -0.2) is 4.68 Å². The van der Waals surface area contributed by atoms with E-state index in [1.54, 1.807) is 7.05 Å². The van der Waals surface area contributed by atoms with Crippen molar-refractivity contribution >= 4 is 0 Å². The number of hydrogen-bond donors (Lipinski definition) is 1. The fourth-order valence-electron chi connectivity index (χ4n) is 1.58. The van der Waals surface area contributed by atoms with Gasteiger partial charge >= 0.3 is 6.18 Å². The lowest BCUT2D eigenvalue weighted by Gasteiger charge is -2.11. The SMILES string of the molecule is CNCc1cnn(-c2cccnn2)c1C(F)(F)F. The number of nitrogens with one attached hydrogen (secondary N) is 1. The van der Waals surface area contributed by atoms with E-state index in [4.69, 9.17) is 0 Å². The van der Waals surface area contributed by atoms with E-state index in [1.165, 1.54) is 24.5 Å². The highest BCUT2D eigenvalue weighted by Crippen LogP contribution is 2.33. The van der Waals surface area contributed by atoms with E-state index in [0.717, 1.165) is 4.68 Å². The Morgan fingerprint density at radius 2 is 2.17 bits per heavy atom. The minimum atomic E-state index is -4.50. The first-order valence-electron chi connectivity index (χ1n) is 5.11. The highest BCUT2D eigenvalue weighted by molar-refractivity contribution is 5.29. The summed E-state index contributed by atoms with van der Waals surface area (Å²) in [5.74, 6) is 0.0344. The van der Waals surface area contributed by atoms with Gasteiger partial charge in [-0.05, 0) is 19.2 Å². The molecule has 1 N–H and O–H groups in total. The van der Waals surface area contributed by atoms with Gasteiger partial charge in [0.15, 0.2) is 11.5 Å². The third-order valence-electron chi connectivity index (χ3n) is 2.26. The van der Waals surface area contributed by atoms with E-state index in [2.05, 4.69) is 20.6 Å². The van der Waals surface area contributed by atoms with E-state index < -0.39 is 11.9 Å². The van der Waals surface area contributed by atoms with E-state index in [9.17, 15) is 13.2 Å². The Hall–Kier alpha value is -1.96. The van der Waals surface area contributed by atoms with E-state index in [-0.39, 0.29) is 17.9 Å². The van der Waals surface area contributed by atoms with Gasteiger partial charge in [-0.1, -0.05) is 0 Å². The summed E-state index contributed by atoms with van der Waals surface area (Å²) in [5.41, 5.74) is -0.770. The third-order valence-corrected chi connectivity index (χ3v) is 2.26. The van der Waals surface area contributed by atoms with Crippen molar-refractivity contribution in [3.63, 3.8) is 0 Å². The normalized spacial score (nSPS) is 11.8. The minimum Gasteiger partial charge on any atom is -0.316 e. The summed E-state index contributed by atoms with van der Waals surface area (Å²) in [6, 6.07) is 2.92. The molecule has 0 aliphatic carbocycles. The van der Waals surface area contributed by atoms with Crippen LogP contribution in [0.2, 0.25) is 0 Å². The van der Waals surface area contributed by atoms with Crippen LogP contribution in [0.3, 0.4) is 0 Å². The van der Waals surface area contributed by atoms with Crippen LogP contribution in [0.5, 0.6) is 0 Å². The molecular weight excluding hydrogens is 247 g/mol. The molecule has 0 aliphatic rings. The number of aromatic nitrogens is 4. The van der Waals surface area contributed by atoms with Crippen LogP contribution in [0, 0.1) is 0 Å². The Labute approximate surface area is 101 Å². The van der Waals surface area contributed by atoms with E-state index in [0.29, 0.717) is 0 Å². The lowest BCUT2D eigenvalue weighted by molar-refractivity contribution is -0.143. The van der Waals surface area contributed by atoms with Crippen molar-refractivity contribution in [3.05, 3.63) is 35.8 Å². The Bertz CT molecular complexity index is 520. The average molecular weight is 257 g/mol. The summed E-state index contributed by atoms with van der Waals surface area (Å²) in [6.45, 7) is 0.0785. The van der Waals surface area contributed by atoms with Crippen LogP contribution in [-0.2, 0) is 12.7 Å². The fraction of sp³-hybridized carbons (Fsp3) is 0.300. The van der Waals surface area contributed by atoms with Crippen LogP contribution < -0.4 is 5.32 Å². The average Bonchev–Trinajstić information content (AvgIpc) is 2.74. The first-order chi connectivity index (χ1) is 8.54. The molecule has 5 nitrogen and oxygen atoms in total. The molecule has 8 heteroatoms. The predicted octanol–water partition coefficient (Wildman–Crippen LogP) is 1.40. The highest BCUT2D eigenvalue weighted by atomic mass is 19.4. The number of nitrogens with zero attached hydrogens (tertiary/aromatic N) is 4. The summed E-state index contributed by atoms with van der Waals surface area (Å²) >= 11 is 0. The number of rotatable bonds is 3. The first kappa shape index (κ1) is 12.5. The van der Waals surface area contributed by atoms with Crippen molar-refractivity contribution in [1.29, 1.82) is 0 Å². The molecular formula is C10H10F3N5. The van der Waals surface area contributed by atoms with Gasteiger partial charge in [0.05, 0.1) is 6.20 Å². The second kappa shape index (κ2) is 4.73. The topological polar surface area (TPSA) is 55.6 Å². The van der Waals surface area contributed by atoms with Crippen molar-refractivity contribution in [2.45, 2.75) is 12.7 Å². The molecule has 0 bridgehead atoms. The van der Waals surface area contributed by atoms with Crippen LogP contribution in [0.1, 0.15) is 11.3 Å². The van der Waals surface area contributed by atoms with Gasteiger partial charge in [0.1, 0.15) is 0 Å². The molecule has 0 amide bonds. The molecule has 0 radical (unpaired) electrons. The maximum atomic E-state index is 13.0. The molecule has 0 saturated carbocycles. The summed E-state index contributed by atoms with van der Waals surface area (Å²) in [5, 5.41) is 13.6. The second-order valence-electron chi connectivity index (χ2n) is 3.54. The van der Waals surface area contributed by atoms with Gasteiger partial charge < -0.3 is 5.32 Å². The number of alkyl halides is 3. The lowest BCUT2D eigenvalue weighted by Crippen LogP contribution is -2.18. The summed E-state index contributed by atoms with van der Waals surface area (Å²) in [4.78, 5) is 0. The monoisotopic (exact) mass is 257 g/mol. The van der Waals surface area contributed by atoms with Gasteiger partial charge in [-0.3, -0.25) is 0 Å². The zero-order valence-corrected chi connectivity index (χ0v) is 9.44. The van der Waals surface area contributed by atoms with Gasteiger partial charge in [-0.2, -0.15) is 23.4 Å². The van der Waals surface area contributed by atoms with Gasteiger partial charge in [0, 0.05) is 18.3 Å². The molecule has 0 atom stereocenters. The Balaban J connectivity index is 2.55. The first-order valence-corrected chi connectivity index (χ1v) is 5.11. The molecule has 2 heterocycles. The van der Waals surface area contributed by atoms with E-state index in [1.807, 2.05) is 0 Å². The third kappa shape index (κ3) is 2.33. The van der Waals surface area contributed by atoms with Gasteiger partial charge in [0.2, 0.25) is 0 Å². The molecule has 2 rings (SSSR count). The maximum absolute atomic E-state index is 13.0. The standard InChI is InChI=1S/C10H10F3N5/c1-14-5-7-6-16-18(9(7)10(11,12)13)8-3-2-4-15-17-8/h2-4,6,14H,5H2,1H3. The molecule has 2 aromatic heterocycles. The molecule has 0 aromatic carbocycles. The molecule has 2 aromatic rings. The minimum absolute atomic E-state index is 0.0344. The van der Waals surface area contributed by atoms with Crippen LogP contribution >= 0.6 is 0 Å². The van der Waals surface area contributed by atoms with Crippen LogP contribution in [0.4, 0.5) is 13.2 Å². The lowest BCUT2D eigenvalue weighted by atomic mass is 10.2. The van der Waals surface area contributed by atoms with Gasteiger partial charge in [0.25, 0.3) is 0 Å². The summed E-state index contributed by atoms with van der Waals surface area (Å²) in [7, 11) is 1.57. The van der Waals surface area contributed by atoms with Crippen molar-refractivity contribution in [2.75, 3.05) is 7.05 Å². The maximum Gasteiger partial charge on any atom is 0.433 e. The van der Waals surface area contributed by atoms with Crippen LogP contribution in [0.15, 0.2) is 24.5 Å². The Morgan fingerprint density at radius 3 is 2.72 bits per heavy atom. The van der Waals surface area contributed by atoms with Crippen LogP contribution in [-0.4, -0.2) is 27.0 Å². The predicted molar refractivity (Wildman–Crippen MR) is 56.9 cm³/mol. The van der Waals surface area contributed by atoms with Crippen molar-refractivity contribution in [1.82, 2.24) is 25.3 Å². The molecule has 0 unspecified atom stereocenters. The van der Waals surface area contributed by atoms with Crippen molar-refractivity contribution in [2.24, 2.45) is 0 Å². The Kier molecular flexibility index (Phi) is 3.28. The largest absolute Gasteiger partial charge is 0.433 e. The molecule has 0 fully saturated rings. The number of halogens is 3. The molecule has 18 heavy (non-hydrogen) atoms. The summed E-state index contributed by atoms with van der Waals surface area (Å²) in [6.07, 6.45) is -1.94. The summed E-state index contributed by atoms with van der Waals surface area (Å²) < 4.78 is 39.8. The fourth-order valence-corrected chi connectivity index (χ4v) is 1.58. The van der Waals surface area contributed by atoms with Gasteiger partial charge in [-0.15, -0.1) is 5.10 Å². The molecule has 0 saturated heterocycles. The number of hydrogen-bond acceptors (Lipinski definition) is 4. The Morgan fingerprint density at radius 1 is 1.39 bits per heavy atom. The molecule has 0 spiro atoms. The van der Waals surface area contributed by atoms with Crippen molar-refractivity contribution < 1.29 is 13.2 Å². The van der Waals surface area contributed by atoms with E-state index >= 15 is 0 Å². The molecule has 96 valence electrons. The van der Waals surface area contributed by atoms with Crippen molar-refractivity contribution in [3.8, 4) is 5.82 Å². The smallest absolute Gasteiger partial charge is 0.316 e. The second-order valence-corrected chi connectivity index (χ2v) is 3.54. The molecule has 0 aliphatic heterocycles.